The van der Waals surface area contributed by atoms with E-state index < -0.39 is 0 Å². The van der Waals surface area contributed by atoms with Crippen LogP contribution in [0.2, 0.25) is 0 Å². The van der Waals surface area contributed by atoms with Crippen LogP contribution >= 0.6 is 0 Å². The van der Waals surface area contributed by atoms with Crippen LogP contribution in [0.1, 0.15) is 58.7 Å². The topological polar surface area (TPSA) is 64.9 Å². The van der Waals surface area contributed by atoms with E-state index in [4.69, 9.17) is 9.72 Å². The third-order valence-electron chi connectivity index (χ3n) is 3.75. The number of fused-ring (bicyclic) bond motifs is 1. The van der Waals surface area contributed by atoms with Crippen LogP contribution in [0.3, 0.4) is 0 Å². The van der Waals surface area contributed by atoms with E-state index in [0.717, 1.165) is 23.3 Å². The molecule has 122 valence electrons. The van der Waals surface area contributed by atoms with Gasteiger partial charge in [-0.1, -0.05) is 20.8 Å². The van der Waals surface area contributed by atoms with Crippen LogP contribution in [-0.4, -0.2) is 39.3 Å². The van der Waals surface area contributed by atoms with Crippen molar-refractivity contribution in [3.05, 3.63) is 12.0 Å². The fraction of sp³-hybridized carbons (Fsp3) is 0.688. The first-order chi connectivity index (χ1) is 10.5. The van der Waals surface area contributed by atoms with Gasteiger partial charge in [-0.15, -0.1) is 0 Å². The normalized spacial score (nSPS) is 13.3. The maximum atomic E-state index is 5.24. The Balaban J connectivity index is 2.48. The number of ether oxygens (including phenoxy) is 1. The zero-order valence-electron chi connectivity index (χ0n) is 14.4. The molecule has 0 bridgehead atoms. The maximum absolute atomic E-state index is 5.24. The smallest absolute Gasteiger partial charge is 0.225 e. The van der Waals surface area contributed by atoms with E-state index in [2.05, 4.69) is 54.5 Å². The van der Waals surface area contributed by atoms with Gasteiger partial charge in [0.05, 0.1) is 24.7 Å². The highest BCUT2D eigenvalue weighted by molar-refractivity contribution is 5.75. The van der Waals surface area contributed by atoms with E-state index in [9.17, 15) is 0 Å². The number of nitrogens with zero attached hydrogens (tertiary/aromatic N) is 4. The van der Waals surface area contributed by atoms with Crippen LogP contribution in [0.15, 0.2) is 6.33 Å². The van der Waals surface area contributed by atoms with Crippen molar-refractivity contribution in [3.8, 4) is 0 Å². The molecule has 1 atom stereocenters. The lowest BCUT2D eigenvalue weighted by atomic mass is 10.1. The van der Waals surface area contributed by atoms with E-state index in [1.54, 1.807) is 7.11 Å². The first kappa shape index (κ1) is 16.7. The van der Waals surface area contributed by atoms with Crippen LogP contribution < -0.4 is 5.32 Å². The summed E-state index contributed by atoms with van der Waals surface area (Å²) in [6.45, 7) is 11.3. The van der Waals surface area contributed by atoms with Crippen molar-refractivity contribution >= 4 is 17.1 Å². The molecule has 0 fully saturated rings. The number of hydrogen-bond acceptors (Lipinski definition) is 5. The molecule has 22 heavy (non-hydrogen) atoms. The summed E-state index contributed by atoms with van der Waals surface area (Å²) in [6, 6.07) is 0.520. The Labute approximate surface area is 132 Å². The Hall–Kier alpha value is -1.69. The molecule has 0 radical (unpaired) electrons. The molecule has 0 aromatic carbocycles. The Morgan fingerprint density at radius 1 is 1.23 bits per heavy atom. The summed E-state index contributed by atoms with van der Waals surface area (Å²) in [6.07, 6.45) is 2.81. The molecule has 2 aromatic heterocycles. The Kier molecular flexibility index (Phi) is 5.34. The molecule has 6 nitrogen and oxygen atoms in total. The van der Waals surface area contributed by atoms with Gasteiger partial charge in [-0.3, -0.25) is 0 Å². The van der Waals surface area contributed by atoms with Crippen molar-refractivity contribution in [3.63, 3.8) is 0 Å². The van der Waals surface area contributed by atoms with Gasteiger partial charge < -0.3 is 14.6 Å². The Morgan fingerprint density at radius 2 is 1.95 bits per heavy atom. The minimum Gasteiger partial charge on any atom is -0.383 e. The number of rotatable bonds is 7. The summed E-state index contributed by atoms with van der Waals surface area (Å²) < 4.78 is 7.33. The number of hydrogen-bond donors (Lipinski definition) is 1. The molecule has 0 unspecified atom stereocenters. The second-order valence-corrected chi connectivity index (χ2v) is 6.21. The van der Waals surface area contributed by atoms with Crippen LogP contribution in [0.25, 0.3) is 11.2 Å². The second-order valence-electron chi connectivity index (χ2n) is 6.21. The van der Waals surface area contributed by atoms with Crippen LogP contribution in [0.4, 0.5) is 5.95 Å². The predicted molar refractivity (Wildman–Crippen MR) is 89.4 cm³/mol. The van der Waals surface area contributed by atoms with Crippen molar-refractivity contribution in [2.24, 2.45) is 0 Å². The number of aromatic nitrogens is 4. The molecular weight excluding hydrogens is 278 g/mol. The molecule has 0 aliphatic rings. The van der Waals surface area contributed by atoms with Gasteiger partial charge >= 0.3 is 0 Å². The molecule has 0 amide bonds. The summed E-state index contributed by atoms with van der Waals surface area (Å²) in [5.74, 6) is 0.951. The number of anilines is 1. The quantitative estimate of drug-likeness (QED) is 0.849. The van der Waals surface area contributed by atoms with Crippen molar-refractivity contribution < 1.29 is 4.74 Å². The van der Waals surface area contributed by atoms with Crippen molar-refractivity contribution in [2.45, 2.75) is 59.0 Å². The summed E-state index contributed by atoms with van der Waals surface area (Å²) in [4.78, 5) is 13.9. The first-order valence-corrected chi connectivity index (χ1v) is 7.97. The third-order valence-corrected chi connectivity index (χ3v) is 3.75. The zero-order chi connectivity index (χ0) is 16.3. The van der Waals surface area contributed by atoms with Crippen LogP contribution in [0, 0.1) is 0 Å². The number of methoxy groups -OCH3 is 1. The lowest BCUT2D eigenvalue weighted by Gasteiger charge is -2.17. The molecule has 2 heterocycles. The number of nitrogens with one attached hydrogen (secondary N) is 1. The summed E-state index contributed by atoms with van der Waals surface area (Å²) >= 11 is 0. The first-order valence-electron chi connectivity index (χ1n) is 7.97. The molecule has 0 spiro atoms. The van der Waals surface area contributed by atoms with Crippen molar-refractivity contribution in [1.82, 2.24) is 19.5 Å². The van der Waals surface area contributed by atoms with E-state index in [1.165, 1.54) is 0 Å². The standard InChI is InChI=1S/C16H27N5O/c1-7-12(8-22-6)18-16-19-13(10(2)3)14-15(20-16)21(9-17-14)11(4)5/h9-12H,7-8H2,1-6H3,(H,18,19,20)/t12-/m1/s1. The van der Waals surface area contributed by atoms with Gasteiger partial charge in [0.15, 0.2) is 5.65 Å². The molecule has 0 saturated heterocycles. The van der Waals surface area contributed by atoms with Gasteiger partial charge in [-0.05, 0) is 26.2 Å². The lowest BCUT2D eigenvalue weighted by Crippen LogP contribution is -2.25. The molecule has 2 aromatic rings. The molecule has 0 aliphatic heterocycles. The van der Waals surface area contributed by atoms with Crippen molar-refractivity contribution in [2.75, 3.05) is 19.0 Å². The fourth-order valence-electron chi connectivity index (χ4n) is 2.43. The van der Waals surface area contributed by atoms with E-state index in [-0.39, 0.29) is 6.04 Å². The van der Waals surface area contributed by atoms with Gasteiger partial charge in [-0.2, -0.15) is 4.98 Å². The van der Waals surface area contributed by atoms with Gasteiger partial charge in [0.2, 0.25) is 5.95 Å². The highest BCUT2D eigenvalue weighted by Gasteiger charge is 2.18. The summed E-state index contributed by atoms with van der Waals surface area (Å²) in [7, 11) is 1.71. The average molecular weight is 305 g/mol. The largest absolute Gasteiger partial charge is 0.383 e. The minimum absolute atomic E-state index is 0.206. The summed E-state index contributed by atoms with van der Waals surface area (Å²) in [5, 5.41) is 3.38. The Bertz CT molecular complexity index is 620. The predicted octanol–water partition coefficient (Wildman–Crippen LogP) is 3.37. The zero-order valence-corrected chi connectivity index (χ0v) is 14.4. The average Bonchev–Trinajstić information content (AvgIpc) is 2.89. The van der Waals surface area contributed by atoms with E-state index >= 15 is 0 Å². The second kappa shape index (κ2) is 7.05. The monoisotopic (exact) mass is 305 g/mol. The Morgan fingerprint density at radius 3 is 2.50 bits per heavy atom. The molecule has 1 N–H and O–H groups in total. The van der Waals surface area contributed by atoms with Crippen molar-refractivity contribution in [1.29, 1.82) is 0 Å². The highest BCUT2D eigenvalue weighted by atomic mass is 16.5. The van der Waals surface area contributed by atoms with Gasteiger partial charge in [-0.25, -0.2) is 9.97 Å². The molecule has 6 heteroatoms. The molecule has 0 saturated carbocycles. The van der Waals surface area contributed by atoms with Gasteiger partial charge in [0, 0.05) is 13.2 Å². The van der Waals surface area contributed by atoms with Gasteiger partial charge in [0.1, 0.15) is 5.52 Å². The molecular formula is C16H27N5O. The SMILES string of the molecule is CC[C@H](COC)Nc1nc(C(C)C)c2ncn(C(C)C)c2n1. The fourth-order valence-corrected chi connectivity index (χ4v) is 2.43. The summed E-state index contributed by atoms with van der Waals surface area (Å²) in [5.41, 5.74) is 2.77. The lowest BCUT2D eigenvalue weighted by molar-refractivity contribution is 0.184. The highest BCUT2D eigenvalue weighted by Crippen LogP contribution is 2.25. The molecule has 0 aliphatic carbocycles. The number of imidazole rings is 1. The van der Waals surface area contributed by atoms with Crippen LogP contribution in [0.5, 0.6) is 0 Å². The van der Waals surface area contributed by atoms with E-state index in [1.807, 2.05) is 6.33 Å². The van der Waals surface area contributed by atoms with Crippen LogP contribution in [-0.2, 0) is 4.74 Å². The molecule has 2 rings (SSSR count). The third kappa shape index (κ3) is 3.38. The van der Waals surface area contributed by atoms with E-state index in [0.29, 0.717) is 24.5 Å². The minimum atomic E-state index is 0.206. The van der Waals surface area contributed by atoms with Gasteiger partial charge in [0.25, 0.3) is 0 Å². The maximum Gasteiger partial charge on any atom is 0.225 e.